The van der Waals surface area contributed by atoms with Crippen molar-refractivity contribution in [2.75, 3.05) is 19.8 Å². The van der Waals surface area contributed by atoms with Gasteiger partial charge in [0.25, 0.3) is 0 Å². The van der Waals surface area contributed by atoms with E-state index in [9.17, 15) is 9.59 Å². The molecule has 5 nitrogen and oxygen atoms in total. The lowest BCUT2D eigenvalue weighted by atomic mass is 10.1. The lowest BCUT2D eigenvalue weighted by molar-refractivity contribution is -0.163. The second-order valence-electron chi connectivity index (χ2n) is 14.6. The van der Waals surface area contributed by atoms with E-state index in [4.69, 9.17) is 14.2 Å². The maximum absolute atomic E-state index is 12.6. The number of allylic oxidation sites excluding steroid dienone is 4. The van der Waals surface area contributed by atoms with Gasteiger partial charge in [0, 0.05) is 19.4 Å². The van der Waals surface area contributed by atoms with E-state index < -0.39 is 6.10 Å². The van der Waals surface area contributed by atoms with Gasteiger partial charge in [0.15, 0.2) is 6.10 Å². The zero-order valence-electron chi connectivity index (χ0n) is 33.7. The summed E-state index contributed by atoms with van der Waals surface area (Å²) in [6.07, 6.45) is 46.1. The van der Waals surface area contributed by atoms with E-state index in [2.05, 4.69) is 45.1 Å². The van der Waals surface area contributed by atoms with E-state index in [1.54, 1.807) is 0 Å². The highest BCUT2D eigenvalue weighted by Crippen LogP contribution is 2.14. The Labute approximate surface area is 311 Å². The molecular weight excluding hydrogens is 620 g/mol. The van der Waals surface area contributed by atoms with Crippen molar-refractivity contribution in [3.8, 4) is 0 Å². The van der Waals surface area contributed by atoms with Crippen LogP contribution in [-0.2, 0) is 23.8 Å². The van der Waals surface area contributed by atoms with Crippen LogP contribution in [0.25, 0.3) is 0 Å². The van der Waals surface area contributed by atoms with E-state index in [-0.39, 0.29) is 25.2 Å². The Morgan fingerprint density at radius 1 is 0.440 bits per heavy atom. The summed E-state index contributed by atoms with van der Waals surface area (Å²) in [6.45, 7) is 7.76. The Bertz CT molecular complexity index is 761. The molecule has 0 bridgehead atoms. The second-order valence-corrected chi connectivity index (χ2v) is 14.6. The predicted molar refractivity (Wildman–Crippen MR) is 215 cm³/mol. The fourth-order valence-corrected chi connectivity index (χ4v) is 6.19. The van der Waals surface area contributed by atoms with Crippen molar-refractivity contribution in [2.24, 2.45) is 0 Å². The number of unbranched alkanes of at least 4 members (excludes halogenated alkanes) is 25. The summed E-state index contributed by atoms with van der Waals surface area (Å²) in [7, 11) is 0. The number of hydrogen-bond donors (Lipinski definition) is 0. The molecule has 5 heteroatoms. The summed E-state index contributed by atoms with van der Waals surface area (Å²) in [6, 6.07) is 0. The third-order valence-electron chi connectivity index (χ3n) is 9.49. The number of hydrogen-bond acceptors (Lipinski definition) is 5. The summed E-state index contributed by atoms with van der Waals surface area (Å²) in [5, 5.41) is 0. The molecule has 0 aromatic rings. The minimum atomic E-state index is -0.527. The number of esters is 2. The Morgan fingerprint density at radius 2 is 0.840 bits per heavy atom. The first-order valence-corrected chi connectivity index (χ1v) is 21.9. The first-order valence-electron chi connectivity index (χ1n) is 21.9. The molecule has 0 N–H and O–H groups in total. The topological polar surface area (TPSA) is 61.8 Å². The smallest absolute Gasteiger partial charge is 0.306 e. The molecule has 294 valence electrons. The molecule has 0 radical (unpaired) electrons. The van der Waals surface area contributed by atoms with Crippen LogP contribution >= 0.6 is 0 Å². The minimum absolute atomic E-state index is 0.0883. The highest BCUT2D eigenvalue weighted by Gasteiger charge is 2.17. The molecule has 0 aliphatic carbocycles. The molecule has 0 amide bonds. The van der Waals surface area contributed by atoms with E-state index in [1.807, 2.05) is 0 Å². The maximum atomic E-state index is 12.6. The quantitative estimate of drug-likeness (QED) is 0.0361. The van der Waals surface area contributed by atoms with Crippen LogP contribution in [0.1, 0.15) is 226 Å². The Balaban J connectivity index is 4.10. The summed E-state index contributed by atoms with van der Waals surface area (Å²) < 4.78 is 17.2. The van der Waals surface area contributed by atoms with Crippen LogP contribution < -0.4 is 0 Å². The van der Waals surface area contributed by atoms with Crippen LogP contribution in [0.2, 0.25) is 0 Å². The SMILES string of the molecule is CCCCC/C=C\C/C=C\CCCCCCCCCCOCC(COC(=O)CCCCCCCCCCC)OC(=O)CCCCCCCCC. The van der Waals surface area contributed by atoms with Crippen LogP contribution in [-0.4, -0.2) is 37.9 Å². The molecule has 0 spiro atoms. The Morgan fingerprint density at radius 3 is 1.36 bits per heavy atom. The molecular formula is C45H84O5. The number of carbonyl (C=O) groups excluding carboxylic acids is 2. The van der Waals surface area contributed by atoms with Crippen LogP contribution in [0.4, 0.5) is 0 Å². The largest absolute Gasteiger partial charge is 0.462 e. The third kappa shape index (κ3) is 39.2. The van der Waals surface area contributed by atoms with E-state index in [0.717, 1.165) is 44.9 Å². The molecule has 0 aromatic carbocycles. The zero-order valence-corrected chi connectivity index (χ0v) is 33.7. The van der Waals surface area contributed by atoms with Gasteiger partial charge in [-0.2, -0.15) is 0 Å². The fraction of sp³-hybridized carbons (Fsp3) is 0.867. The van der Waals surface area contributed by atoms with E-state index in [0.29, 0.717) is 19.4 Å². The average Bonchev–Trinajstić information content (AvgIpc) is 3.11. The van der Waals surface area contributed by atoms with Gasteiger partial charge in [-0.05, 0) is 51.4 Å². The molecule has 1 unspecified atom stereocenters. The molecule has 0 heterocycles. The maximum Gasteiger partial charge on any atom is 0.306 e. The number of ether oxygens (including phenoxy) is 3. The average molecular weight is 705 g/mol. The molecule has 0 saturated carbocycles. The van der Waals surface area contributed by atoms with Crippen LogP contribution in [0, 0.1) is 0 Å². The lowest BCUT2D eigenvalue weighted by Crippen LogP contribution is -2.30. The summed E-state index contributed by atoms with van der Waals surface area (Å²) in [5.41, 5.74) is 0. The van der Waals surface area contributed by atoms with Gasteiger partial charge in [-0.3, -0.25) is 9.59 Å². The van der Waals surface area contributed by atoms with Crippen molar-refractivity contribution in [3.63, 3.8) is 0 Å². The van der Waals surface area contributed by atoms with Crippen molar-refractivity contribution < 1.29 is 23.8 Å². The van der Waals surface area contributed by atoms with Gasteiger partial charge in [0.05, 0.1) is 6.61 Å². The van der Waals surface area contributed by atoms with Gasteiger partial charge in [0.1, 0.15) is 6.61 Å². The third-order valence-corrected chi connectivity index (χ3v) is 9.49. The molecule has 1 atom stereocenters. The number of carbonyl (C=O) groups is 2. The molecule has 0 saturated heterocycles. The Hall–Kier alpha value is -1.62. The van der Waals surface area contributed by atoms with Crippen molar-refractivity contribution in [3.05, 3.63) is 24.3 Å². The second kappa shape index (κ2) is 41.8. The fourth-order valence-electron chi connectivity index (χ4n) is 6.19. The van der Waals surface area contributed by atoms with Gasteiger partial charge < -0.3 is 14.2 Å². The molecule has 0 aromatic heterocycles. The molecule has 0 aliphatic rings. The lowest BCUT2D eigenvalue weighted by Gasteiger charge is -2.18. The van der Waals surface area contributed by atoms with Crippen LogP contribution in [0.5, 0.6) is 0 Å². The van der Waals surface area contributed by atoms with Crippen molar-refractivity contribution in [1.82, 2.24) is 0 Å². The highest BCUT2D eigenvalue weighted by molar-refractivity contribution is 5.70. The standard InChI is InChI=1S/C45H84O5/c1-4-7-10-13-16-18-19-20-21-22-23-24-25-26-28-31-34-37-40-48-41-43(50-45(47)39-36-33-29-15-12-9-6-3)42-49-44(46)38-35-32-30-27-17-14-11-8-5-2/h16,18,20-21,43H,4-15,17,19,22-42H2,1-3H3/b18-16-,21-20-. The number of rotatable bonds is 40. The van der Waals surface area contributed by atoms with Gasteiger partial charge in [-0.1, -0.05) is 186 Å². The van der Waals surface area contributed by atoms with Gasteiger partial charge in [-0.25, -0.2) is 0 Å². The molecule has 50 heavy (non-hydrogen) atoms. The summed E-state index contributed by atoms with van der Waals surface area (Å²) >= 11 is 0. The van der Waals surface area contributed by atoms with Crippen molar-refractivity contribution >= 4 is 11.9 Å². The van der Waals surface area contributed by atoms with E-state index in [1.165, 1.54) is 148 Å². The van der Waals surface area contributed by atoms with Crippen LogP contribution in [0.15, 0.2) is 24.3 Å². The molecule has 0 aliphatic heterocycles. The zero-order chi connectivity index (χ0) is 36.4. The minimum Gasteiger partial charge on any atom is -0.462 e. The summed E-state index contributed by atoms with van der Waals surface area (Å²) in [5.74, 6) is -0.401. The molecule has 0 rings (SSSR count). The first-order chi connectivity index (χ1) is 24.6. The first kappa shape index (κ1) is 48.4. The van der Waals surface area contributed by atoms with E-state index >= 15 is 0 Å². The highest BCUT2D eigenvalue weighted by atomic mass is 16.6. The molecule has 0 fully saturated rings. The summed E-state index contributed by atoms with van der Waals surface area (Å²) in [4.78, 5) is 25.0. The van der Waals surface area contributed by atoms with Crippen molar-refractivity contribution in [1.29, 1.82) is 0 Å². The van der Waals surface area contributed by atoms with Gasteiger partial charge in [-0.15, -0.1) is 0 Å². The monoisotopic (exact) mass is 705 g/mol. The normalized spacial score (nSPS) is 12.3. The van der Waals surface area contributed by atoms with Gasteiger partial charge in [0.2, 0.25) is 0 Å². The Kier molecular flexibility index (Phi) is 40.4. The predicted octanol–water partition coefficient (Wildman–Crippen LogP) is 14.1. The van der Waals surface area contributed by atoms with Crippen molar-refractivity contribution in [2.45, 2.75) is 232 Å². The van der Waals surface area contributed by atoms with Gasteiger partial charge >= 0.3 is 11.9 Å². The van der Waals surface area contributed by atoms with Crippen LogP contribution in [0.3, 0.4) is 0 Å².